The molecule has 0 atom stereocenters. The Bertz CT molecular complexity index is 643. The molecule has 0 amide bonds. The summed E-state index contributed by atoms with van der Waals surface area (Å²) in [5.74, 6) is 0.646. The fraction of sp³-hybridized carbons (Fsp3) is 0.400. The largest absolute Gasteiger partial charge is 0.389 e. The first-order valence-electron chi connectivity index (χ1n) is 7.41. The maximum absolute atomic E-state index is 6.17. The molecule has 22 heavy (non-hydrogen) atoms. The molecule has 1 heterocycles. The molecule has 1 spiro atoms. The molecule has 116 valence electrons. The van der Waals surface area contributed by atoms with Crippen molar-refractivity contribution < 1.29 is 0 Å². The standard InChI is InChI=1S/C15H20N6S/c16-12(22)10-4-6-11(7-5-10)21-14(18)19-13(17)20-15(21)8-2-1-3-9-15/h4-7H,1-3,8-9H2,(H2,16,22)(H4,17,18,19,20). The summed E-state index contributed by atoms with van der Waals surface area (Å²) in [6, 6.07) is 7.68. The maximum Gasteiger partial charge on any atom is 0.220 e. The van der Waals surface area contributed by atoms with Gasteiger partial charge in [0, 0.05) is 11.3 Å². The monoisotopic (exact) mass is 316 g/mol. The highest BCUT2D eigenvalue weighted by atomic mass is 32.1. The summed E-state index contributed by atoms with van der Waals surface area (Å²) in [6.45, 7) is 0. The molecule has 1 saturated carbocycles. The van der Waals surface area contributed by atoms with E-state index in [1.807, 2.05) is 29.2 Å². The Balaban J connectivity index is 2.02. The first kappa shape index (κ1) is 14.8. The van der Waals surface area contributed by atoms with Crippen LogP contribution in [0.5, 0.6) is 0 Å². The van der Waals surface area contributed by atoms with E-state index in [-0.39, 0.29) is 5.96 Å². The lowest BCUT2D eigenvalue weighted by atomic mass is 9.87. The lowest BCUT2D eigenvalue weighted by molar-refractivity contribution is 0.305. The van der Waals surface area contributed by atoms with Gasteiger partial charge in [-0.3, -0.25) is 4.90 Å². The molecular weight excluding hydrogens is 296 g/mol. The lowest BCUT2D eigenvalue weighted by Crippen LogP contribution is -2.58. The van der Waals surface area contributed by atoms with E-state index < -0.39 is 5.66 Å². The van der Waals surface area contributed by atoms with Gasteiger partial charge in [0.2, 0.25) is 11.9 Å². The van der Waals surface area contributed by atoms with Gasteiger partial charge in [-0.15, -0.1) is 0 Å². The molecule has 0 aromatic heterocycles. The number of thiocarbonyl (C=S) groups is 1. The number of hydrogen-bond donors (Lipinski definition) is 3. The average molecular weight is 316 g/mol. The van der Waals surface area contributed by atoms with Crippen LogP contribution in [0.1, 0.15) is 37.7 Å². The number of benzene rings is 1. The van der Waals surface area contributed by atoms with Crippen LogP contribution in [0.15, 0.2) is 34.3 Å². The fourth-order valence-electron chi connectivity index (χ4n) is 3.27. The number of hydrogen-bond acceptors (Lipinski definition) is 6. The van der Waals surface area contributed by atoms with Crippen LogP contribution in [0.4, 0.5) is 5.69 Å². The Kier molecular flexibility index (Phi) is 3.74. The summed E-state index contributed by atoms with van der Waals surface area (Å²) in [6.07, 6.45) is 5.25. The number of nitrogens with two attached hydrogens (primary N) is 3. The first-order chi connectivity index (χ1) is 10.5. The molecule has 0 bridgehead atoms. The number of rotatable bonds is 2. The van der Waals surface area contributed by atoms with Crippen LogP contribution in [0, 0.1) is 0 Å². The summed E-state index contributed by atoms with van der Waals surface area (Å²) < 4.78 is 0. The summed E-state index contributed by atoms with van der Waals surface area (Å²) in [4.78, 5) is 11.2. The van der Waals surface area contributed by atoms with Crippen molar-refractivity contribution in [3.8, 4) is 0 Å². The van der Waals surface area contributed by atoms with Crippen molar-refractivity contribution in [1.29, 1.82) is 0 Å². The maximum atomic E-state index is 6.17. The second-order valence-corrected chi connectivity index (χ2v) is 6.17. The van der Waals surface area contributed by atoms with Crippen molar-refractivity contribution in [2.75, 3.05) is 4.90 Å². The minimum absolute atomic E-state index is 0.260. The second-order valence-electron chi connectivity index (χ2n) is 5.73. The van der Waals surface area contributed by atoms with Crippen molar-refractivity contribution in [1.82, 2.24) is 0 Å². The van der Waals surface area contributed by atoms with Crippen LogP contribution < -0.4 is 22.1 Å². The minimum Gasteiger partial charge on any atom is -0.389 e. The van der Waals surface area contributed by atoms with Crippen molar-refractivity contribution in [2.24, 2.45) is 27.2 Å². The van der Waals surface area contributed by atoms with Gasteiger partial charge in [0.15, 0.2) is 0 Å². The van der Waals surface area contributed by atoms with E-state index >= 15 is 0 Å². The van der Waals surface area contributed by atoms with Crippen LogP contribution in [0.2, 0.25) is 0 Å². The molecule has 0 unspecified atom stereocenters. The van der Waals surface area contributed by atoms with E-state index in [0.29, 0.717) is 10.9 Å². The average Bonchev–Trinajstić information content (AvgIpc) is 2.47. The van der Waals surface area contributed by atoms with E-state index in [1.54, 1.807) is 0 Å². The van der Waals surface area contributed by atoms with Crippen molar-refractivity contribution in [2.45, 2.75) is 37.8 Å². The Morgan fingerprint density at radius 3 is 2.32 bits per heavy atom. The van der Waals surface area contributed by atoms with Gasteiger partial charge in [0.25, 0.3) is 0 Å². The van der Waals surface area contributed by atoms with Gasteiger partial charge in [-0.1, -0.05) is 18.6 Å². The molecule has 6 N–H and O–H groups in total. The Hall–Kier alpha value is -2.15. The lowest BCUT2D eigenvalue weighted by Gasteiger charge is -2.45. The second kappa shape index (κ2) is 5.57. The highest BCUT2D eigenvalue weighted by molar-refractivity contribution is 7.80. The predicted octanol–water partition coefficient (Wildman–Crippen LogP) is 1.43. The van der Waals surface area contributed by atoms with Gasteiger partial charge in [-0.25, -0.2) is 4.99 Å². The number of guanidine groups is 2. The third-order valence-corrected chi connectivity index (χ3v) is 4.50. The highest BCUT2D eigenvalue weighted by Crippen LogP contribution is 2.39. The van der Waals surface area contributed by atoms with E-state index in [9.17, 15) is 0 Å². The Morgan fingerprint density at radius 2 is 1.73 bits per heavy atom. The topological polar surface area (TPSA) is 106 Å². The molecule has 2 aliphatic rings. The van der Waals surface area contributed by atoms with Crippen LogP contribution in [-0.4, -0.2) is 22.6 Å². The molecule has 1 aliphatic heterocycles. The van der Waals surface area contributed by atoms with Gasteiger partial charge in [0.05, 0.1) is 0 Å². The molecule has 6 nitrogen and oxygen atoms in total. The van der Waals surface area contributed by atoms with Crippen LogP contribution in [-0.2, 0) is 0 Å². The summed E-state index contributed by atoms with van der Waals surface area (Å²) in [5.41, 5.74) is 19.0. The molecule has 1 aliphatic carbocycles. The summed E-state index contributed by atoms with van der Waals surface area (Å²) in [7, 11) is 0. The highest BCUT2D eigenvalue weighted by Gasteiger charge is 2.42. The Labute approximate surface area is 135 Å². The van der Waals surface area contributed by atoms with Crippen molar-refractivity contribution >= 4 is 34.8 Å². The van der Waals surface area contributed by atoms with Gasteiger partial charge in [-0.05, 0) is 49.9 Å². The van der Waals surface area contributed by atoms with Crippen molar-refractivity contribution in [3.63, 3.8) is 0 Å². The van der Waals surface area contributed by atoms with Gasteiger partial charge in [0.1, 0.15) is 10.7 Å². The fourth-order valence-corrected chi connectivity index (χ4v) is 3.41. The van der Waals surface area contributed by atoms with E-state index in [1.165, 1.54) is 6.42 Å². The predicted molar refractivity (Wildman–Crippen MR) is 93.9 cm³/mol. The zero-order valence-electron chi connectivity index (χ0n) is 12.3. The smallest absolute Gasteiger partial charge is 0.220 e. The van der Waals surface area contributed by atoms with Gasteiger partial charge < -0.3 is 17.2 Å². The number of anilines is 1. The third-order valence-electron chi connectivity index (χ3n) is 4.26. The SMILES string of the molecule is NC(=S)c1ccc(N2C(N)=NC(N)=NC23CCCCC3)cc1. The summed E-state index contributed by atoms with van der Waals surface area (Å²) >= 11 is 5.00. The van der Waals surface area contributed by atoms with Crippen LogP contribution >= 0.6 is 12.2 Å². The van der Waals surface area contributed by atoms with E-state index in [4.69, 9.17) is 29.4 Å². The van der Waals surface area contributed by atoms with Crippen molar-refractivity contribution in [3.05, 3.63) is 29.8 Å². The molecule has 3 rings (SSSR count). The number of aliphatic imine (C=N–C) groups is 2. The normalized spacial score (nSPS) is 20.5. The van der Waals surface area contributed by atoms with Crippen LogP contribution in [0.25, 0.3) is 0 Å². The van der Waals surface area contributed by atoms with Gasteiger partial charge in [-0.2, -0.15) is 4.99 Å². The molecule has 1 aromatic carbocycles. The molecule has 1 aromatic rings. The zero-order chi connectivity index (χ0) is 15.7. The van der Waals surface area contributed by atoms with E-state index in [2.05, 4.69) is 9.98 Å². The van der Waals surface area contributed by atoms with Crippen LogP contribution in [0.3, 0.4) is 0 Å². The van der Waals surface area contributed by atoms with E-state index in [0.717, 1.165) is 36.9 Å². The molecular formula is C15H20N6S. The van der Waals surface area contributed by atoms with Gasteiger partial charge >= 0.3 is 0 Å². The quantitative estimate of drug-likeness (QED) is 0.716. The number of nitrogens with zero attached hydrogens (tertiary/aromatic N) is 3. The third kappa shape index (κ3) is 2.52. The summed E-state index contributed by atoms with van der Waals surface area (Å²) in [5, 5.41) is 0. The Morgan fingerprint density at radius 1 is 1.09 bits per heavy atom. The molecule has 0 radical (unpaired) electrons. The molecule has 7 heteroatoms. The minimum atomic E-state index is -0.418. The molecule has 0 saturated heterocycles. The first-order valence-corrected chi connectivity index (χ1v) is 7.82. The zero-order valence-corrected chi connectivity index (χ0v) is 13.1. The molecule has 1 fully saturated rings.